The topological polar surface area (TPSA) is 12.9 Å². The minimum Gasteiger partial charge on any atom is -0.265 e. The second-order valence-corrected chi connectivity index (χ2v) is 7.98. The first-order valence-electron chi connectivity index (χ1n) is 10.9. The largest absolute Gasteiger partial charge is 0.265 e. The normalized spacial score (nSPS) is 12.4. The number of pyridine rings is 1. The van der Waals surface area contributed by atoms with Crippen LogP contribution in [0.3, 0.4) is 0 Å². The fourth-order valence-electron chi connectivity index (χ4n) is 4.66. The molecule has 0 atom stereocenters. The lowest BCUT2D eigenvalue weighted by Crippen LogP contribution is -2.04. The standard InChI is InChI=1S/C24H19F.C5H5N.ClH/c25-23-12-6-5-11-20(23)22-15-17-8-2-3-9-18(17)21-14-13-16-7-1-4-10-19(16)24(21)22;1-2-4-6-5-3-1;/h2-3,5-6,8-9,11-15H,1,4,7,10H2;1-5H;1H. The number of aromatic nitrogens is 1. The van der Waals surface area contributed by atoms with E-state index in [4.69, 9.17) is 0 Å². The average Bonchev–Trinajstić information content (AvgIpc) is 2.85. The molecule has 0 N–H and O–H groups in total. The third-order valence-corrected chi connectivity index (χ3v) is 6.08. The smallest absolute Gasteiger partial charge is 0.131 e. The number of halogens is 2. The molecule has 0 fully saturated rings. The van der Waals surface area contributed by atoms with Crippen molar-refractivity contribution in [1.29, 1.82) is 0 Å². The Bertz CT molecular complexity index is 1320. The van der Waals surface area contributed by atoms with Crippen LogP contribution >= 0.6 is 12.4 Å². The van der Waals surface area contributed by atoms with Gasteiger partial charge in [0.1, 0.15) is 5.82 Å². The average molecular weight is 442 g/mol. The molecule has 0 amide bonds. The predicted octanol–water partition coefficient (Wildman–Crippen LogP) is 8.18. The first-order valence-corrected chi connectivity index (χ1v) is 10.9. The highest BCUT2D eigenvalue weighted by Gasteiger charge is 2.18. The summed E-state index contributed by atoms with van der Waals surface area (Å²) in [5.41, 5.74) is 4.60. The molecule has 160 valence electrons. The Kier molecular flexibility index (Phi) is 6.82. The van der Waals surface area contributed by atoms with Gasteiger partial charge in [0.05, 0.1) is 0 Å². The Morgan fingerprint density at radius 3 is 2.16 bits per heavy atom. The molecule has 0 saturated heterocycles. The lowest BCUT2D eigenvalue weighted by molar-refractivity contribution is 0.631. The van der Waals surface area contributed by atoms with Crippen LogP contribution in [0.15, 0.2) is 97.3 Å². The molecular weight excluding hydrogens is 417 g/mol. The first-order chi connectivity index (χ1) is 15.3. The van der Waals surface area contributed by atoms with Crippen LogP contribution in [-0.2, 0) is 12.8 Å². The van der Waals surface area contributed by atoms with Gasteiger partial charge in [-0.25, -0.2) is 4.39 Å². The first kappa shape index (κ1) is 22.0. The Hall–Kier alpha value is -3.23. The minimum absolute atomic E-state index is 0. The summed E-state index contributed by atoms with van der Waals surface area (Å²) in [6, 6.07) is 28.0. The van der Waals surface area contributed by atoms with Crippen molar-refractivity contribution in [2.75, 3.05) is 0 Å². The molecule has 1 nitrogen and oxygen atoms in total. The van der Waals surface area contributed by atoms with Crippen molar-refractivity contribution >= 4 is 34.0 Å². The van der Waals surface area contributed by atoms with Crippen LogP contribution in [0.1, 0.15) is 24.0 Å². The summed E-state index contributed by atoms with van der Waals surface area (Å²) in [6.45, 7) is 0. The van der Waals surface area contributed by atoms with Crippen molar-refractivity contribution in [2.45, 2.75) is 25.7 Å². The van der Waals surface area contributed by atoms with Gasteiger partial charge >= 0.3 is 0 Å². The van der Waals surface area contributed by atoms with Gasteiger partial charge in [-0.1, -0.05) is 60.7 Å². The van der Waals surface area contributed by atoms with Crippen molar-refractivity contribution in [3.8, 4) is 11.1 Å². The van der Waals surface area contributed by atoms with Gasteiger partial charge in [-0.2, -0.15) is 0 Å². The molecule has 4 aromatic carbocycles. The molecule has 5 aromatic rings. The van der Waals surface area contributed by atoms with E-state index in [1.54, 1.807) is 24.5 Å². The van der Waals surface area contributed by atoms with E-state index in [0.29, 0.717) is 5.56 Å². The number of hydrogen-bond donors (Lipinski definition) is 0. The molecule has 0 bridgehead atoms. The second kappa shape index (κ2) is 9.93. The van der Waals surface area contributed by atoms with Crippen molar-refractivity contribution in [3.05, 3.63) is 114 Å². The Labute approximate surface area is 194 Å². The van der Waals surface area contributed by atoms with Crippen molar-refractivity contribution < 1.29 is 4.39 Å². The molecule has 3 heteroatoms. The van der Waals surface area contributed by atoms with Gasteiger partial charge in [-0.3, -0.25) is 4.98 Å². The van der Waals surface area contributed by atoms with Crippen LogP contribution < -0.4 is 0 Å². The highest BCUT2D eigenvalue weighted by atomic mass is 35.5. The molecule has 0 spiro atoms. The molecule has 6 rings (SSSR count). The van der Waals surface area contributed by atoms with Crippen LogP contribution in [0.25, 0.3) is 32.7 Å². The Morgan fingerprint density at radius 2 is 1.41 bits per heavy atom. The number of benzene rings is 4. The van der Waals surface area contributed by atoms with Crippen LogP contribution in [-0.4, -0.2) is 4.98 Å². The summed E-state index contributed by atoms with van der Waals surface area (Å²) in [5.74, 6) is -0.146. The highest BCUT2D eigenvalue weighted by Crippen LogP contribution is 2.40. The zero-order valence-corrected chi connectivity index (χ0v) is 18.6. The molecule has 0 saturated carbocycles. The van der Waals surface area contributed by atoms with Gasteiger partial charge in [-0.05, 0) is 88.2 Å². The van der Waals surface area contributed by atoms with E-state index in [0.717, 1.165) is 18.4 Å². The predicted molar refractivity (Wildman–Crippen MR) is 135 cm³/mol. The number of rotatable bonds is 1. The number of fused-ring (bicyclic) bond motifs is 5. The van der Waals surface area contributed by atoms with E-state index in [1.807, 2.05) is 30.3 Å². The molecule has 1 aliphatic carbocycles. The monoisotopic (exact) mass is 441 g/mol. The quantitative estimate of drug-likeness (QED) is 0.239. The van der Waals surface area contributed by atoms with Crippen LogP contribution in [0.4, 0.5) is 4.39 Å². The van der Waals surface area contributed by atoms with E-state index in [9.17, 15) is 4.39 Å². The van der Waals surface area contributed by atoms with E-state index in [1.165, 1.54) is 45.5 Å². The lowest BCUT2D eigenvalue weighted by atomic mass is 9.83. The van der Waals surface area contributed by atoms with Gasteiger partial charge in [0.25, 0.3) is 0 Å². The van der Waals surface area contributed by atoms with E-state index >= 15 is 0 Å². The fourth-order valence-corrected chi connectivity index (χ4v) is 4.66. The maximum Gasteiger partial charge on any atom is 0.131 e. The maximum absolute atomic E-state index is 14.6. The molecule has 1 heterocycles. The third-order valence-electron chi connectivity index (χ3n) is 6.08. The lowest BCUT2D eigenvalue weighted by Gasteiger charge is -2.21. The second-order valence-electron chi connectivity index (χ2n) is 7.98. The Morgan fingerprint density at radius 1 is 0.656 bits per heavy atom. The maximum atomic E-state index is 14.6. The van der Waals surface area contributed by atoms with Crippen molar-refractivity contribution in [3.63, 3.8) is 0 Å². The summed E-state index contributed by atoms with van der Waals surface area (Å²) in [7, 11) is 0. The minimum atomic E-state index is -0.146. The van der Waals surface area contributed by atoms with Crippen molar-refractivity contribution in [2.24, 2.45) is 0 Å². The van der Waals surface area contributed by atoms with E-state index < -0.39 is 0 Å². The number of hydrogen-bond acceptors (Lipinski definition) is 1. The Balaban J connectivity index is 0.000000306. The zero-order valence-electron chi connectivity index (χ0n) is 17.8. The molecular formula is C29H25ClFN. The molecule has 0 radical (unpaired) electrons. The number of aryl methyl sites for hydroxylation is 2. The summed E-state index contributed by atoms with van der Waals surface area (Å²) in [6.07, 6.45) is 8.19. The SMILES string of the molecule is Cl.Fc1ccccc1-c1cc2ccccc2c2ccc3c(c12)CCCC3.c1ccncc1. The highest BCUT2D eigenvalue weighted by molar-refractivity contribution is 6.15. The summed E-state index contributed by atoms with van der Waals surface area (Å²) in [5, 5.41) is 4.92. The van der Waals surface area contributed by atoms with Gasteiger partial charge in [0.15, 0.2) is 0 Å². The van der Waals surface area contributed by atoms with Crippen LogP contribution in [0.2, 0.25) is 0 Å². The summed E-state index contributed by atoms with van der Waals surface area (Å²) < 4.78 is 14.6. The molecule has 1 aliphatic rings. The number of nitrogens with zero attached hydrogens (tertiary/aromatic N) is 1. The van der Waals surface area contributed by atoms with E-state index in [-0.39, 0.29) is 18.2 Å². The molecule has 0 aliphatic heterocycles. The third kappa shape index (κ3) is 4.24. The summed E-state index contributed by atoms with van der Waals surface area (Å²) >= 11 is 0. The van der Waals surface area contributed by atoms with Crippen LogP contribution in [0, 0.1) is 5.82 Å². The van der Waals surface area contributed by atoms with Gasteiger partial charge in [0, 0.05) is 18.0 Å². The van der Waals surface area contributed by atoms with Crippen LogP contribution in [0.5, 0.6) is 0 Å². The molecule has 1 aromatic heterocycles. The molecule has 32 heavy (non-hydrogen) atoms. The van der Waals surface area contributed by atoms with E-state index in [2.05, 4.69) is 47.4 Å². The van der Waals surface area contributed by atoms with Crippen molar-refractivity contribution in [1.82, 2.24) is 4.98 Å². The summed E-state index contributed by atoms with van der Waals surface area (Å²) in [4.78, 5) is 3.78. The molecule has 0 unspecified atom stereocenters. The van der Waals surface area contributed by atoms with Gasteiger partial charge in [-0.15, -0.1) is 12.4 Å². The fraction of sp³-hybridized carbons (Fsp3) is 0.138. The van der Waals surface area contributed by atoms with Gasteiger partial charge < -0.3 is 0 Å². The van der Waals surface area contributed by atoms with Gasteiger partial charge in [0.2, 0.25) is 0 Å². The zero-order chi connectivity index (χ0) is 21.0.